The van der Waals surface area contributed by atoms with Crippen LogP contribution in [0.3, 0.4) is 0 Å². The highest BCUT2D eigenvalue weighted by molar-refractivity contribution is 5.45. The Morgan fingerprint density at radius 2 is 1.95 bits per heavy atom. The molecule has 0 aliphatic carbocycles. The van der Waals surface area contributed by atoms with Crippen LogP contribution in [0.5, 0.6) is 11.5 Å². The summed E-state index contributed by atoms with van der Waals surface area (Å²) in [7, 11) is 1.66. The molecule has 0 aromatic heterocycles. The summed E-state index contributed by atoms with van der Waals surface area (Å²) in [6, 6.07) is 12.1. The van der Waals surface area contributed by atoms with E-state index in [9.17, 15) is 0 Å². The van der Waals surface area contributed by atoms with Gasteiger partial charge in [-0.2, -0.15) is 0 Å². The maximum absolute atomic E-state index is 6.35. The van der Waals surface area contributed by atoms with Crippen molar-refractivity contribution >= 4 is 0 Å². The molecule has 0 spiro atoms. The van der Waals surface area contributed by atoms with Crippen molar-refractivity contribution in [2.45, 2.75) is 32.4 Å². The van der Waals surface area contributed by atoms with Crippen LogP contribution in [-0.2, 0) is 0 Å². The summed E-state index contributed by atoms with van der Waals surface area (Å²) in [5.74, 6) is 1.68. The molecule has 2 N–H and O–H groups in total. The summed E-state index contributed by atoms with van der Waals surface area (Å²) in [6.45, 7) is 4.27. The zero-order valence-electron chi connectivity index (χ0n) is 12.7. The normalized spacial score (nSPS) is 20.6. The van der Waals surface area contributed by atoms with E-state index in [0.717, 1.165) is 23.5 Å². The van der Waals surface area contributed by atoms with E-state index >= 15 is 0 Å². The lowest BCUT2D eigenvalue weighted by atomic mass is 9.90. The molecule has 0 saturated heterocycles. The Labute approximate surface area is 125 Å². The van der Waals surface area contributed by atoms with E-state index in [1.165, 1.54) is 16.7 Å². The van der Waals surface area contributed by atoms with Crippen molar-refractivity contribution in [2.24, 2.45) is 5.73 Å². The van der Waals surface area contributed by atoms with Crippen molar-refractivity contribution in [2.75, 3.05) is 7.11 Å². The van der Waals surface area contributed by atoms with E-state index in [1.807, 2.05) is 18.2 Å². The topological polar surface area (TPSA) is 44.5 Å². The van der Waals surface area contributed by atoms with Gasteiger partial charge in [0.1, 0.15) is 17.6 Å². The van der Waals surface area contributed by atoms with E-state index in [1.54, 1.807) is 7.11 Å². The summed E-state index contributed by atoms with van der Waals surface area (Å²) in [6.07, 6.45) is 0.797. The number of rotatable bonds is 2. The number of hydrogen-bond donors (Lipinski definition) is 1. The number of benzene rings is 2. The third-order valence-electron chi connectivity index (χ3n) is 4.35. The molecule has 110 valence electrons. The number of hydrogen-bond acceptors (Lipinski definition) is 3. The second-order valence-electron chi connectivity index (χ2n) is 5.64. The van der Waals surface area contributed by atoms with Crippen molar-refractivity contribution in [3.8, 4) is 11.5 Å². The fourth-order valence-corrected chi connectivity index (χ4v) is 2.92. The Balaban J connectivity index is 1.97. The van der Waals surface area contributed by atoms with Crippen molar-refractivity contribution in [3.05, 3.63) is 58.7 Å². The third-order valence-corrected chi connectivity index (χ3v) is 4.35. The first-order chi connectivity index (χ1) is 10.1. The van der Waals surface area contributed by atoms with Gasteiger partial charge in [0.15, 0.2) is 0 Å². The molecule has 1 unspecified atom stereocenters. The van der Waals surface area contributed by atoms with Crippen LogP contribution in [0.1, 0.15) is 40.8 Å². The van der Waals surface area contributed by atoms with Crippen molar-refractivity contribution in [1.29, 1.82) is 0 Å². The van der Waals surface area contributed by atoms with Crippen LogP contribution in [0.25, 0.3) is 0 Å². The fourth-order valence-electron chi connectivity index (χ4n) is 2.92. The Bertz CT molecular complexity index is 666. The summed E-state index contributed by atoms with van der Waals surface area (Å²) in [4.78, 5) is 0. The lowest BCUT2D eigenvalue weighted by molar-refractivity contribution is 0.160. The third kappa shape index (κ3) is 2.49. The average molecular weight is 283 g/mol. The minimum Gasteiger partial charge on any atom is -0.497 e. The van der Waals surface area contributed by atoms with Crippen molar-refractivity contribution in [1.82, 2.24) is 0 Å². The number of ether oxygens (including phenoxy) is 2. The molecule has 3 heteroatoms. The van der Waals surface area contributed by atoms with E-state index in [-0.39, 0.29) is 12.1 Å². The maximum Gasteiger partial charge on any atom is 0.126 e. The second kappa shape index (κ2) is 5.41. The standard InChI is InChI=1S/C18H21NO2/c1-11-5-4-6-14(12(11)2)18-10-16(19)15-9-13(20-3)7-8-17(15)21-18/h4-9,16,18H,10,19H2,1-3H3/t16-,18?/m1/s1. The van der Waals surface area contributed by atoms with Gasteiger partial charge in [0, 0.05) is 18.0 Å². The summed E-state index contributed by atoms with van der Waals surface area (Å²) in [5, 5.41) is 0. The molecule has 3 rings (SSSR count). The molecular formula is C18H21NO2. The first-order valence-corrected chi connectivity index (χ1v) is 7.26. The number of nitrogens with two attached hydrogens (primary N) is 1. The van der Waals surface area contributed by atoms with E-state index in [4.69, 9.17) is 15.2 Å². The lowest BCUT2D eigenvalue weighted by Crippen LogP contribution is -2.24. The van der Waals surface area contributed by atoms with Gasteiger partial charge < -0.3 is 15.2 Å². The Kier molecular flexibility index (Phi) is 3.60. The Hall–Kier alpha value is -2.00. The predicted molar refractivity (Wildman–Crippen MR) is 83.8 cm³/mol. The average Bonchev–Trinajstić information content (AvgIpc) is 2.49. The highest BCUT2D eigenvalue weighted by Crippen LogP contribution is 2.42. The highest BCUT2D eigenvalue weighted by atomic mass is 16.5. The minimum absolute atomic E-state index is 0.0146. The van der Waals surface area contributed by atoms with Crippen molar-refractivity contribution in [3.63, 3.8) is 0 Å². The molecule has 0 saturated carbocycles. The van der Waals surface area contributed by atoms with Gasteiger partial charge in [0.05, 0.1) is 7.11 Å². The molecule has 0 amide bonds. The first kappa shape index (κ1) is 14.0. The summed E-state index contributed by atoms with van der Waals surface area (Å²) >= 11 is 0. The highest BCUT2D eigenvalue weighted by Gasteiger charge is 2.28. The van der Waals surface area contributed by atoms with Gasteiger partial charge in [-0.1, -0.05) is 18.2 Å². The second-order valence-corrected chi connectivity index (χ2v) is 5.64. The van der Waals surface area contributed by atoms with Crippen LogP contribution in [0.4, 0.5) is 0 Å². The number of aryl methyl sites for hydroxylation is 1. The molecule has 1 aliphatic rings. The molecule has 2 aromatic carbocycles. The van der Waals surface area contributed by atoms with Gasteiger partial charge in [0.25, 0.3) is 0 Å². The van der Waals surface area contributed by atoms with Gasteiger partial charge in [0.2, 0.25) is 0 Å². The van der Waals surface area contributed by atoms with Gasteiger partial charge >= 0.3 is 0 Å². The van der Waals surface area contributed by atoms with Gasteiger partial charge in [-0.15, -0.1) is 0 Å². The van der Waals surface area contributed by atoms with Crippen molar-refractivity contribution < 1.29 is 9.47 Å². The fraction of sp³-hybridized carbons (Fsp3) is 0.333. The monoisotopic (exact) mass is 283 g/mol. The minimum atomic E-state index is -0.0336. The zero-order chi connectivity index (χ0) is 15.0. The number of methoxy groups -OCH3 is 1. The number of fused-ring (bicyclic) bond motifs is 1. The van der Waals surface area contributed by atoms with Gasteiger partial charge in [-0.3, -0.25) is 0 Å². The first-order valence-electron chi connectivity index (χ1n) is 7.26. The molecule has 0 bridgehead atoms. The van der Waals surface area contributed by atoms with Crippen LogP contribution in [0.15, 0.2) is 36.4 Å². The molecule has 21 heavy (non-hydrogen) atoms. The Morgan fingerprint density at radius 1 is 1.14 bits per heavy atom. The maximum atomic E-state index is 6.35. The quantitative estimate of drug-likeness (QED) is 0.911. The molecule has 1 aliphatic heterocycles. The van der Waals surface area contributed by atoms with E-state index in [0.29, 0.717) is 0 Å². The molecule has 0 fully saturated rings. The summed E-state index contributed by atoms with van der Waals surface area (Å²) < 4.78 is 11.5. The molecule has 2 atom stereocenters. The van der Waals surface area contributed by atoms with Gasteiger partial charge in [-0.05, 0) is 48.7 Å². The largest absolute Gasteiger partial charge is 0.497 e. The smallest absolute Gasteiger partial charge is 0.126 e. The molecule has 2 aromatic rings. The molecular weight excluding hydrogens is 262 g/mol. The molecule has 3 nitrogen and oxygen atoms in total. The summed E-state index contributed by atoms with van der Waals surface area (Å²) in [5.41, 5.74) is 11.2. The Morgan fingerprint density at radius 3 is 2.71 bits per heavy atom. The van der Waals surface area contributed by atoms with Crippen LogP contribution in [-0.4, -0.2) is 7.11 Å². The molecule has 1 heterocycles. The van der Waals surface area contributed by atoms with E-state index < -0.39 is 0 Å². The van der Waals surface area contributed by atoms with Crippen LogP contribution in [0.2, 0.25) is 0 Å². The predicted octanol–water partition coefficient (Wildman–Crippen LogP) is 3.84. The van der Waals surface area contributed by atoms with Crippen LogP contribution >= 0.6 is 0 Å². The van der Waals surface area contributed by atoms with Gasteiger partial charge in [-0.25, -0.2) is 0 Å². The van der Waals surface area contributed by atoms with E-state index in [2.05, 4.69) is 32.0 Å². The lowest BCUT2D eigenvalue weighted by Gasteiger charge is -2.31. The van der Waals surface area contributed by atoms with Crippen LogP contribution in [0, 0.1) is 13.8 Å². The zero-order valence-corrected chi connectivity index (χ0v) is 12.7. The van der Waals surface area contributed by atoms with Crippen LogP contribution < -0.4 is 15.2 Å². The SMILES string of the molecule is COc1ccc2c(c1)[C@H](N)CC(c1cccc(C)c1C)O2. The molecule has 0 radical (unpaired) electrons.